The van der Waals surface area contributed by atoms with Crippen LogP contribution >= 0.6 is 11.6 Å². The Morgan fingerprint density at radius 3 is 2.77 bits per heavy atom. The summed E-state index contributed by atoms with van der Waals surface area (Å²) in [6, 6.07) is 11.2. The number of rotatable bonds is 4. The van der Waals surface area contributed by atoms with Gasteiger partial charge in [-0.25, -0.2) is 13.2 Å². The molecule has 1 saturated heterocycles. The fourth-order valence-corrected chi connectivity index (χ4v) is 5.32. The zero-order valence-corrected chi connectivity index (χ0v) is 17.7. The molecule has 1 amide bonds. The summed E-state index contributed by atoms with van der Waals surface area (Å²) >= 11 is 6.10. The van der Waals surface area contributed by atoms with Crippen LogP contribution in [0.2, 0.25) is 5.02 Å². The van der Waals surface area contributed by atoms with Gasteiger partial charge in [0.25, 0.3) is 0 Å². The van der Waals surface area contributed by atoms with Crippen molar-refractivity contribution in [2.24, 2.45) is 13.0 Å². The fraction of sp³-hybridized carbons (Fsp3) is 0.300. The first kappa shape index (κ1) is 20.6. The lowest BCUT2D eigenvalue weighted by Gasteiger charge is -2.31. The molecule has 2 aromatic carbocycles. The highest BCUT2D eigenvalue weighted by atomic mass is 35.5. The first-order valence-electron chi connectivity index (χ1n) is 9.42. The van der Waals surface area contributed by atoms with Crippen LogP contribution in [0.25, 0.3) is 11.1 Å². The molecule has 1 fully saturated rings. The second-order valence-electron chi connectivity index (χ2n) is 7.23. The number of benzene rings is 2. The van der Waals surface area contributed by atoms with Gasteiger partial charge in [-0.2, -0.15) is 4.31 Å². The molecule has 1 unspecified atom stereocenters. The van der Waals surface area contributed by atoms with E-state index >= 15 is 0 Å². The van der Waals surface area contributed by atoms with Crippen LogP contribution in [0, 0.1) is 5.92 Å². The Hall–Kier alpha value is -2.62. The molecule has 1 atom stereocenters. The molecule has 0 saturated carbocycles. The third-order valence-electron chi connectivity index (χ3n) is 5.29. The predicted molar refractivity (Wildman–Crippen MR) is 113 cm³/mol. The Bertz CT molecular complexity index is 1280. The largest absolute Gasteiger partial charge is 0.419 e. The van der Waals surface area contributed by atoms with Crippen LogP contribution in [0.5, 0.6) is 0 Å². The Morgan fingerprint density at radius 1 is 1.23 bits per heavy atom. The Balaban J connectivity index is 1.55. The lowest BCUT2D eigenvalue weighted by Crippen LogP contribution is -2.43. The van der Waals surface area contributed by atoms with Crippen molar-refractivity contribution >= 4 is 44.3 Å². The zero-order chi connectivity index (χ0) is 21.5. The van der Waals surface area contributed by atoms with Gasteiger partial charge in [-0.1, -0.05) is 23.7 Å². The summed E-state index contributed by atoms with van der Waals surface area (Å²) in [5.41, 5.74) is 1.21. The van der Waals surface area contributed by atoms with Crippen LogP contribution in [0.1, 0.15) is 12.8 Å². The van der Waals surface area contributed by atoms with Gasteiger partial charge < -0.3 is 9.73 Å². The number of aromatic nitrogens is 1. The minimum absolute atomic E-state index is 0.0245. The second kappa shape index (κ2) is 7.90. The van der Waals surface area contributed by atoms with Crippen LogP contribution in [0.15, 0.2) is 56.6 Å². The lowest BCUT2D eigenvalue weighted by molar-refractivity contribution is -0.120. The summed E-state index contributed by atoms with van der Waals surface area (Å²) < 4.78 is 34.0. The van der Waals surface area contributed by atoms with Crippen LogP contribution < -0.4 is 11.1 Å². The molecule has 10 heteroatoms. The smallest absolute Gasteiger partial charge is 0.408 e. The number of para-hydroxylation sites is 1. The first-order valence-corrected chi connectivity index (χ1v) is 11.2. The van der Waals surface area contributed by atoms with Crippen molar-refractivity contribution in [2.45, 2.75) is 17.7 Å². The van der Waals surface area contributed by atoms with E-state index in [-0.39, 0.29) is 22.9 Å². The number of carbonyl (C=O) groups is 1. The average Bonchev–Trinajstić information content (AvgIpc) is 3.03. The molecule has 158 valence electrons. The van der Waals surface area contributed by atoms with E-state index in [1.807, 2.05) is 0 Å². The van der Waals surface area contributed by atoms with Gasteiger partial charge in [0, 0.05) is 26.2 Å². The summed E-state index contributed by atoms with van der Waals surface area (Å²) in [5.74, 6) is -1.33. The van der Waals surface area contributed by atoms with Crippen LogP contribution in [0.4, 0.5) is 5.69 Å². The molecule has 0 radical (unpaired) electrons. The number of hydrogen-bond donors (Lipinski definition) is 1. The molecule has 1 aliphatic heterocycles. The number of nitrogens with one attached hydrogen (secondary N) is 1. The summed E-state index contributed by atoms with van der Waals surface area (Å²) in [6.07, 6.45) is 1.14. The minimum atomic E-state index is -3.85. The average molecular weight is 450 g/mol. The summed E-state index contributed by atoms with van der Waals surface area (Å²) in [7, 11) is -2.30. The highest BCUT2D eigenvalue weighted by molar-refractivity contribution is 7.89. The topological polar surface area (TPSA) is 102 Å². The number of nitrogens with zero attached hydrogens (tertiary/aromatic N) is 2. The van der Waals surface area contributed by atoms with E-state index in [1.54, 1.807) is 37.4 Å². The molecule has 8 nitrogen and oxygen atoms in total. The van der Waals surface area contributed by atoms with Crippen molar-refractivity contribution in [2.75, 3.05) is 18.4 Å². The van der Waals surface area contributed by atoms with E-state index in [0.29, 0.717) is 35.6 Å². The van der Waals surface area contributed by atoms with Crippen molar-refractivity contribution in [1.29, 1.82) is 0 Å². The molecule has 3 aromatic rings. The summed E-state index contributed by atoms with van der Waals surface area (Å²) in [6.45, 7) is 0.379. The Morgan fingerprint density at radius 2 is 2.00 bits per heavy atom. The first-order chi connectivity index (χ1) is 14.3. The number of fused-ring (bicyclic) bond motifs is 1. The molecule has 0 spiro atoms. The maximum Gasteiger partial charge on any atom is 0.419 e. The number of oxazole rings is 1. The normalized spacial score (nSPS) is 17.9. The van der Waals surface area contributed by atoms with Gasteiger partial charge >= 0.3 is 5.76 Å². The number of sulfonamides is 1. The van der Waals surface area contributed by atoms with Crippen LogP contribution in [0.3, 0.4) is 0 Å². The van der Waals surface area contributed by atoms with Gasteiger partial charge in [0.2, 0.25) is 15.9 Å². The monoisotopic (exact) mass is 449 g/mol. The van der Waals surface area contributed by atoms with Crippen LogP contribution in [-0.4, -0.2) is 36.3 Å². The molecule has 1 aliphatic rings. The maximum atomic E-state index is 13.1. The maximum absolute atomic E-state index is 13.1. The highest BCUT2D eigenvalue weighted by Gasteiger charge is 2.34. The fourth-order valence-electron chi connectivity index (χ4n) is 3.60. The molecule has 1 N–H and O–H groups in total. The molecular formula is C20H20ClN3O5S. The van der Waals surface area contributed by atoms with E-state index in [1.165, 1.54) is 21.0 Å². The molecule has 30 heavy (non-hydrogen) atoms. The zero-order valence-electron chi connectivity index (χ0n) is 16.2. The van der Waals surface area contributed by atoms with Gasteiger partial charge in [0.15, 0.2) is 5.58 Å². The number of anilines is 1. The van der Waals surface area contributed by atoms with Crippen molar-refractivity contribution in [3.8, 4) is 0 Å². The van der Waals surface area contributed by atoms with Gasteiger partial charge in [0.1, 0.15) is 0 Å². The van der Waals surface area contributed by atoms with E-state index in [4.69, 9.17) is 16.0 Å². The standard InChI is InChI=1S/C20H20ClN3O5S/c1-23-17-9-8-14(11-18(17)29-20(23)26)30(27,28)24-10-4-5-13(12-24)19(25)22-16-7-3-2-6-15(16)21/h2-3,6-9,11,13H,4-5,10,12H2,1H3,(H,22,25). The van der Waals surface area contributed by atoms with Gasteiger partial charge in [0.05, 0.1) is 27.0 Å². The Kier molecular flexibility index (Phi) is 5.44. The van der Waals surface area contributed by atoms with E-state index in [2.05, 4.69) is 5.32 Å². The quantitative estimate of drug-likeness (QED) is 0.659. The molecule has 4 rings (SSSR count). The number of halogens is 1. The second-order valence-corrected chi connectivity index (χ2v) is 9.57. The minimum Gasteiger partial charge on any atom is -0.408 e. The number of carbonyl (C=O) groups excluding carboxylic acids is 1. The van der Waals surface area contributed by atoms with Crippen molar-refractivity contribution < 1.29 is 17.6 Å². The summed E-state index contributed by atoms with van der Waals surface area (Å²) in [4.78, 5) is 24.4. The molecule has 2 heterocycles. The number of piperidine rings is 1. The van der Waals surface area contributed by atoms with Crippen molar-refractivity contribution in [1.82, 2.24) is 8.87 Å². The van der Waals surface area contributed by atoms with E-state index in [0.717, 1.165) is 0 Å². The third kappa shape index (κ3) is 3.76. The van der Waals surface area contributed by atoms with Gasteiger partial charge in [-0.15, -0.1) is 0 Å². The third-order valence-corrected chi connectivity index (χ3v) is 7.48. The lowest BCUT2D eigenvalue weighted by atomic mass is 9.99. The number of hydrogen-bond acceptors (Lipinski definition) is 5. The van der Waals surface area contributed by atoms with Crippen molar-refractivity contribution in [3.05, 3.63) is 58.0 Å². The van der Waals surface area contributed by atoms with Crippen LogP contribution in [-0.2, 0) is 21.9 Å². The molecular weight excluding hydrogens is 430 g/mol. The van der Waals surface area contributed by atoms with Gasteiger partial charge in [-0.3, -0.25) is 9.36 Å². The Labute approximate surface area is 178 Å². The van der Waals surface area contributed by atoms with E-state index in [9.17, 15) is 18.0 Å². The van der Waals surface area contributed by atoms with Crippen molar-refractivity contribution in [3.63, 3.8) is 0 Å². The summed E-state index contributed by atoms with van der Waals surface area (Å²) in [5, 5.41) is 3.20. The van der Waals surface area contributed by atoms with E-state index < -0.39 is 21.7 Å². The highest BCUT2D eigenvalue weighted by Crippen LogP contribution is 2.28. The number of aryl methyl sites for hydroxylation is 1. The molecule has 1 aromatic heterocycles. The van der Waals surface area contributed by atoms with Gasteiger partial charge in [-0.05, 0) is 37.1 Å². The number of amides is 1. The predicted octanol–water partition coefficient (Wildman–Crippen LogP) is 2.82. The SMILES string of the molecule is Cn1c(=O)oc2cc(S(=O)(=O)N3CCCC(C(=O)Nc4ccccc4Cl)C3)ccc21. The molecule has 0 bridgehead atoms. The molecule has 0 aliphatic carbocycles.